The molecular formula is C17H26N4O4. The lowest BCUT2D eigenvalue weighted by atomic mass is 9.91. The maximum atomic E-state index is 12.7. The number of nitrogens with zero attached hydrogens (tertiary/aromatic N) is 3. The molecule has 3 heterocycles. The van der Waals surface area contributed by atoms with Crippen molar-refractivity contribution in [2.45, 2.75) is 57.0 Å². The average molecular weight is 350 g/mol. The Hall–Kier alpha value is -1.93. The Labute approximate surface area is 147 Å². The third-order valence-corrected chi connectivity index (χ3v) is 5.05. The van der Waals surface area contributed by atoms with Gasteiger partial charge in [0.25, 0.3) is 0 Å². The highest BCUT2D eigenvalue weighted by Gasteiger charge is 2.36. The Morgan fingerprint density at radius 3 is 2.92 bits per heavy atom. The van der Waals surface area contributed by atoms with E-state index in [1.165, 1.54) is 6.21 Å². The molecule has 0 spiro atoms. The number of anilines is 1. The van der Waals surface area contributed by atoms with Crippen LogP contribution in [0.15, 0.2) is 15.7 Å². The van der Waals surface area contributed by atoms with E-state index in [2.05, 4.69) is 20.5 Å². The minimum absolute atomic E-state index is 0.0553. The molecule has 1 aromatic heterocycles. The minimum Gasteiger partial charge on any atom is -0.411 e. The van der Waals surface area contributed by atoms with Crippen molar-refractivity contribution in [3.63, 3.8) is 0 Å². The molecule has 0 saturated carbocycles. The van der Waals surface area contributed by atoms with Gasteiger partial charge in [0.15, 0.2) is 0 Å². The first-order valence-electron chi connectivity index (χ1n) is 8.81. The van der Waals surface area contributed by atoms with E-state index in [9.17, 15) is 4.79 Å². The summed E-state index contributed by atoms with van der Waals surface area (Å²) in [4.78, 5) is 15.0. The smallest absolute Gasteiger partial charge is 0.244 e. The number of hydrogen-bond acceptors (Lipinski definition) is 7. The van der Waals surface area contributed by atoms with E-state index >= 15 is 0 Å². The molecule has 0 aromatic carbocycles. The fourth-order valence-corrected chi connectivity index (χ4v) is 3.58. The third kappa shape index (κ3) is 4.01. The second-order valence-corrected chi connectivity index (χ2v) is 7.27. The van der Waals surface area contributed by atoms with Crippen LogP contribution in [0.1, 0.15) is 45.2 Å². The highest BCUT2D eigenvalue weighted by atomic mass is 16.5. The van der Waals surface area contributed by atoms with Gasteiger partial charge in [0, 0.05) is 30.7 Å². The van der Waals surface area contributed by atoms with Crippen LogP contribution in [0.3, 0.4) is 0 Å². The normalized spacial score (nSPS) is 23.4. The van der Waals surface area contributed by atoms with Crippen molar-refractivity contribution in [1.82, 2.24) is 10.1 Å². The van der Waals surface area contributed by atoms with Gasteiger partial charge < -0.3 is 14.5 Å². The number of likely N-dealkylation sites (tertiary alicyclic amines) is 1. The van der Waals surface area contributed by atoms with Gasteiger partial charge in [0.1, 0.15) is 0 Å². The number of ether oxygens (including phenoxy) is 1. The van der Waals surface area contributed by atoms with Crippen LogP contribution in [0, 0.1) is 0 Å². The summed E-state index contributed by atoms with van der Waals surface area (Å²) in [5, 5.41) is 18.6. The molecule has 0 radical (unpaired) electrons. The van der Waals surface area contributed by atoms with Gasteiger partial charge >= 0.3 is 0 Å². The number of nitrogens with one attached hydrogen (secondary N) is 1. The highest BCUT2D eigenvalue weighted by Crippen LogP contribution is 2.27. The zero-order valence-electron chi connectivity index (χ0n) is 14.8. The lowest BCUT2D eigenvalue weighted by Gasteiger charge is -2.34. The van der Waals surface area contributed by atoms with Crippen molar-refractivity contribution in [3.8, 4) is 0 Å². The SMILES string of the molecule is CC(C)(/C=N/O)c1cc(NC(=O)[C@@H]2CCCN2C2CCOCC2)on1. The van der Waals surface area contributed by atoms with Crippen LogP contribution in [-0.2, 0) is 14.9 Å². The van der Waals surface area contributed by atoms with Crippen LogP contribution in [0.25, 0.3) is 0 Å². The Balaban J connectivity index is 1.64. The Morgan fingerprint density at radius 1 is 1.44 bits per heavy atom. The summed E-state index contributed by atoms with van der Waals surface area (Å²) in [5.74, 6) is 0.263. The lowest BCUT2D eigenvalue weighted by Crippen LogP contribution is -2.47. The Kier molecular flexibility index (Phi) is 5.39. The van der Waals surface area contributed by atoms with Gasteiger partial charge in [0.2, 0.25) is 11.8 Å². The molecule has 2 aliphatic rings. The van der Waals surface area contributed by atoms with E-state index in [0.29, 0.717) is 17.6 Å². The standard InChI is InChI=1S/C17H26N4O4/c1-17(2,11-18-23)14-10-15(25-20-14)19-16(22)13-4-3-7-21(13)12-5-8-24-9-6-12/h10-13,23H,3-9H2,1-2H3,(H,19,22)/b18-11+/t13-/m0/s1. The van der Waals surface area contributed by atoms with Gasteiger partial charge in [0.05, 0.1) is 18.0 Å². The second-order valence-electron chi connectivity index (χ2n) is 7.27. The maximum absolute atomic E-state index is 12.7. The van der Waals surface area contributed by atoms with Gasteiger partial charge in [-0.05, 0) is 46.1 Å². The van der Waals surface area contributed by atoms with Gasteiger partial charge in [-0.2, -0.15) is 0 Å². The van der Waals surface area contributed by atoms with Gasteiger partial charge in [-0.15, -0.1) is 5.16 Å². The number of oxime groups is 1. The fraction of sp³-hybridized carbons (Fsp3) is 0.706. The molecule has 2 N–H and O–H groups in total. The lowest BCUT2D eigenvalue weighted by molar-refractivity contribution is -0.121. The van der Waals surface area contributed by atoms with E-state index in [4.69, 9.17) is 14.5 Å². The summed E-state index contributed by atoms with van der Waals surface area (Å²) >= 11 is 0. The van der Waals surface area contributed by atoms with Crippen molar-refractivity contribution in [1.29, 1.82) is 0 Å². The van der Waals surface area contributed by atoms with Crippen molar-refractivity contribution in [2.75, 3.05) is 25.1 Å². The molecule has 1 atom stereocenters. The summed E-state index contributed by atoms with van der Waals surface area (Å²) in [7, 11) is 0. The van der Waals surface area contributed by atoms with Crippen LogP contribution >= 0.6 is 0 Å². The van der Waals surface area contributed by atoms with Crippen molar-refractivity contribution >= 4 is 18.0 Å². The van der Waals surface area contributed by atoms with E-state index in [1.807, 2.05) is 13.8 Å². The molecule has 8 heteroatoms. The largest absolute Gasteiger partial charge is 0.411 e. The molecule has 0 bridgehead atoms. The van der Waals surface area contributed by atoms with Crippen molar-refractivity contribution < 1.29 is 19.3 Å². The number of hydrogen-bond donors (Lipinski definition) is 2. The predicted molar refractivity (Wildman–Crippen MR) is 92.0 cm³/mol. The molecule has 2 saturated heterocycles. The first kappa shape index (κ1) is 17.9. The quantitative estimate of drug-likeness (QED) is 0.478. The van der Waals surface area contributed by atoms with Gasteiger partial charge in [-0.1, -0.05) is 5.16 Å². The first-order valence-corrected chi connectivity index (χ1v) is 8.81. The highest BCUT2D eigenvalue weighted by molar-refractivity contribution is 5.94. The zero-order valence-corrected chi connectivity index (χ0v) is 14.8. The Morgan fingerprint density at radius 2 is 2.20 bits per heavy atom. The number of carbonyl (C=O) groups is 1. The monoisotopic (exact) mass is 350 g/mol. The topological polar surface area (TPSA) is 100 Å². The number of carbonyl (C=O) groups excluding carboxylic acids is 1. The Bertz CT molecular complexity index is 622. The zero-order chi connectivity index (χ0) is 17.9. The molecule has 138 valence electrons. The van der Waals surface area contributed by atoms with E-state index < -0.39 is 5.41 Å². The molecule has 0 aliphatic carbocycles. The minimum atomic E-state index is -0.581. The fourth-order valence-electron chi connectivity index (χ4n) is 3.58. The van der Waals surface area contributed by atoms with Crippen LogP contribution in [-0.4, -0.2) is 59.2 Å². The van der Waals surface area contributed by atoms with E-state index in [1.54, 1.807) is 6.07 Å². The predicted octanol–water partition coefficient (Wildman–Crippen LogP) is 1.99. The number of rotatable bonds is 5. The summed E-state index contributed by atoms with van der Waals surface area (Å²) in [6.45, 7) is 6.18. The van der Waals surface area contributed by atoms with Crippen LogP contribution in [0.2, 0.25) is 0 Å². The van der Waals surface area contributed by atoms with Gasteiger partial charge in [-0.3, -0.25) is 15.0 Å². The molecular weight excluding hydrogens is 324 g/mol. The summed E-state index contributed by atoms with van der Waals surface area (Å²) < 4.78 is 10.7. The molecule has 2 aliphatic heterocycles. The first-order chi connectivity index (χ1) is 12.0. The van der Waals surface area contributed by atoms with Crippen LogP contribution in [0.5, 0.6) is 0 Å². The van der Waals surface area contributed by atoms with Gasteiger partial charge in [-0.25, -0.2) is 0 Å². The number of aromatic nitrogens is 1. The van der Waals surface area contributed by atoms with Crippen LogP contribution in [0.4, 0.5) is 5.88 Å². The summed E-state index contributed by atoms with van der Waals surface area (Å²) in [5.41, 5.74) is 0.0104. The number of amides is 1. The molecule has 3 rings (SSSR count). The third-order valence-electron chi connectivity index (χ3n) is 5.05. The molecule has 0 unspecified atom stereocenters. The van der Waals surface area contributed by atoms with Crippen LogP contribution < -0.4 is 5.32 Å². The molecule has 1 aromatic rings. The van der Waals surface area contributed by atoms with E-state index in [0.717, 1.165) is 45.4 Å². The molecule has 25 heavy (non-hydrogen) atoms. The van der Waals surface area contributed by atoms with E-state index in [-0.39, 0.29) is 11.9 Å². The van der Waals surface area contributed by atoms with Crippen molar-refractivity contribution in [2.24, 2.45) is 5.16 Å². The summed E-state index contributed by atoms with van der Waals surface area (Å²) in [6, 6.07) is 1.95. The summed E-state index contributed by atoms with van der Waals surface area (Å²) in [6.07, 6.45) is 5.21. The maximum Gasteiger partial charge on any atom is 0.244 e. The molecule has 8 nitrogen and oxygen atoms in total. The molecule has 1 amide bonds. The second kappa shape index (κ2) is 7.53. The van der Waals surface area contributed by atoms with Crippen molar-refractivity contribution in [3.05, 3.63) is 11.8 Å². The molecule has 2 fully saturated rings. The average Bonchev–Trinajstić information content (AvgIpc) is 3.25.